The number of non-ortho nitro benzene ring substituents is 1. The molecule has 2 rings (SSSR count). The van der Waals surface area contributed by atoms with E-state index in [4.69, 9.17) is 4.74 Å². The number of rotatable bonds is 6. The minimum atomic E-state index is -0.332. The van der Waals surface area contributed by atoms with E-state index in [1.165, 1.54) is 0 Å². The van der Waals surface area contributed by atoms with E-state index in [0.717, 1.165) is 18.4 Å². The smallest absolute Gasteiger partial charge is 0.293 e. The number of benzene rings is 1. The molecule has 0 radical (unpaired) electrons. The van der Waals surface area contributed by atoms with Crippen LogP contribution in [0.4, 0.5) is 5.69 Å². The molecular weight excluding hydrogens is 232 g/mol. The number of nitrogens with zero attached hydrogens (tertiary/aromatic N) is 2. The van der Waals surface area contributed by atoms with Crippen molar-refractivity contribution in [2.24, 2.45) is 0 Å². The number of ether oxygens (including phenoxy) is 1. The van der Waals surface area contributed by atoms with Crippen molar-refractivity contribution in [3.8, 4) is 0 Å². The van der Waals surface area contributed by atoms with Gasteiger partial charge in [0.2, 0.25) is 0 Å². The summed E-state index contributed by atoms with van der Waals surface area (Å²) in [5.41, 5.74) is 0.855. The predicted molar refractivity (Wildman–Crippen MR) is 69.7 cm³/mol. The topological polar surface area (TPSA) is 57.3 Å². The lowest BCUT2D eigenvalue weighted by Crippen LogP contribution is -2.03. The fraction of sp³-hybridized carbons (Fsp3) is 0.385. The molecule has 0 unspecified atom stereocenters. The Bertz CT molecular complexity index is 548. The van der Waals surface area contributed by atoms with Gasteiger partial charge in [-0.3, -0.25) is 10.1 Å². The number of para-hydroxylation sites is 1. The Morgan fingerprint density at radius 2 is 2.22 bits per heavy atom. The van der Waals surface area contributed by atoms with Gasteiger partial charge in [0.1, 0.15) is 5.52 Å². The highest BCUT2D eigenvalue weighted by atomic mass is 16.6. The van der Waals surface area contributed by atoms with E-state index in [-0.39, 0.29) is 10.6 Å². The molecular formula is C13H16N2O3. The van der Waals surface area contributed by atoms with Gasteiger partial charge in [0.25, 0.3) is 5.69 Å². The number of nitro benzene ring substituents is 1. The molecule has 5 heteroatoms. The van der Waals surface area contributed by atoms with E-state index < -0.39 is 0 Å². The van der Waals surface area contributed by atoms with Crippen LogP contribution in [-0.4, -0.2) is 22.7 Å². The molecule has 0 aliphatic heterocycles. The van der Waals surface area contributed by atoms with Crippen molar-refractivity contribution >= 4 is 16.6 Å². The number of nitro groups is 1. The van der Waals surface area contributed by atoms with Crippen molar-refractivity contribution < 1.29 is 9.66 Å². The number of hydrogen-bond donors (Lipinski definition) is 0. The molecule has 2 aromatic rings. The highest BCUT2D eigenvalue weighted by Gasteiger charge is 2.14. The first-order chi connectivity index (χ1) is 8.74. The lowest BCUT2D eigenvalue weighted by Gasteiger charge is -2.05. The Morgan fingerprint density at radius 1 is 1.39 bits per heavy atom. The van der Waals surface area contributed by atoms with Crippen LogP contribution in [0.3, 0.4) is 0 Å². The zero-order valence-corrected chi connectivity index (χ0v) is 10.3. The van der Waals surface area contributed by atoms with Crippen LogP contribution < -0.4 is 0 Å². The molecule has 0 N–H and O–H groups in total. The fourth-order valence-corrected chi connectivity index (χ4v) is 2.06. The molecule has 0 amide bonds. The van der Waals surface area contributed by atoms with Crippen LogP contribution in [0, 0.1) is 10.1 Å². The molecule has 0 spiro atoms. The molecule has 18 heavy (non-hydrogen) atoms. The molecule has 0 saturated carbocycles. The molecule has 1 aromatic heterocycles. The third-order valence-corrected chi connectivity index (χ3v) is 2.86. The first-order valence-electron chi connectivity index (χ1n) is 6.04. The van der Waals surface area contributed by atoms with Crippen LogP contribution in [0.15, 0.2) is 30.5 Å². The van der Waals surface area contributed by atoms with E-state index in [9.17, 15) is 10.1 Å². The largest absolute Gasteiger partial charge is 0.382 e. The van der Waals surface area contributed by atoms with Crippen LogP contribution in [0.25, 0.3) is 10.9 Å². The van der Waals surface area contributed by atoms with E-state index in [2.05, 4.69) is 0 Å². The van der Waals surface area contributed by atoms with Crippen molar-refractivity contribution in [1.29, 1.82) is 0 Å². The summed E-state index contributed by atoms with van der Waals surface area (Å²) in [5, 5.41) is 11.9. The summed E-state index contributed by atoms with van der Waals surface area (Å²) in [4.78, 5) is 10.7. The van der Waals surface area contributed by atoms with E-state index in [0.29, 0.717) is 18.7 Å². The predicted octanol–water partition coefficient (Wildman–Crippen LogP) is 2.98. The summed E-state index contributed by atoms with van der Waals surface area (Å²) in [6.07, 6.45) is 2.74. The van der Waals surface area contributed by atoms with Crippen molar-refractivity contribution in [3.63, 3.8) is 0 Å². The van der Waals surface area contributed by atoms with Crippen LogP contribution >= 0.6 is 0 Å². The summed E-state index contributed by atoms with van der Waals surface area (Å²) >= 11 is 0. The van der Waals surface area contributed by atoms with Crippen molar-refractivity contribution in [1.82, 2.24) is 4.57 Å². The van der Waals surface area contributed by atoms with Gasteiger partial charge in [-0.2, -0.15) is 0 Å². The average Bonchev–Trinajstić information content (AvgIpc) is 2.77. The van der Waals surface area contributed by atoms with Crippen molar-refractivity contribution in [3.05, 3.63) is 40.6 Å². The quantitative estimate of drug-likeness (QED) is 0.448. The summed E-state index contributed by atoms with van der Waals surface area (Å²) < 4.78 is 7.20. The van der Waals surface area contributed by atoms with Crippen LogP contribution in [-0.2, 0) is 11.3 Å². The lowest BCUT2D eigenvalue weighted by molar-refractivity contribution is -0.383. The first kappa shape index (κ1) is 12.6. The molecule has 0 saturated heterocycles. The molecule has 0 aliphatic carbocycles. The zero-order valence-electron chi connectivity index (χ0n) is 10.3. The molecule has 0 atom stereocenters. The summed E-state index contributed by atoms with van der Waals surface area (Å²) in [7, 11) is 0. The second-order valence-corrected chi connectivity index (χ2v) is 4.03. The van der Waals surface area contributed by atoms with E-state index >= 15 is 0 Å². The van der Waals surface area contributed by atoms with Crippen molar-refractivity contribution in [2.45, 2.75) is 19.9 Å². The van der Waals surface area contributed by atoms with Crippen LogP contribution in [0.2, 0.25) is 0 Å². The van der Waals surface area contributed by atoms with Gasteiger partial charge in [-0.1, -0.05) is 12.1 Å². The van der Waals surface area contributed by atoms with Gasteiger partial charge < -0.3 is 9.30 Å². The Hall–Kier alpha value is -1.88. The molecule has 0 bridgehead atoms. The number of fused-ring (bicyclic) bond motifs is 1. The maximum absolute atomic E-state index is 11.0. The molecule has 96 valence electrons. The Balaban J connectivity index is 2.25. The van der Waals surface area contributed by atoms with E-state index in [1.807, 2.05) is 29.8 Å². The van der Waals surface area contributed by atoms with Gasteiger partial charge in [-0.25, -0.2) is 0 Å². The normalized spacial score (nSPS) is 10.9. The second-order valence-electron chi connectivity index (χ2n) is 4.03. The van der Waals surface area contributed by atoms with Gasteiger partial charge in [0.15, 0.2) is 0 Å². The van der Waals surface area contributed by atoms with Gasteiger partial charge in [-0.05, 0) is 19.4 Å². The standard InChI is InChI=1S/C13H16N2O3/c1-2-18-10-4-8-14-9-7-11-5-3-6-12(13(11)14)15(16)17/h3,5-7,9H,2,4,8,10H2,1H3. The molecule has 0 aliphatic rings. The highest BCUT2D eigenvalue weighted by Crippen LogP contribution is 2.26. The molecule has 5 nitrogen and oxygen atoms in total. The maximum atomic E-state index is 11.0. The SMILES string of the molecule is CCOCCCn1ccc2cccc([N+](=O)[O-])c21. The zero-order chi connectivity index (χ0) is 13.0. The monoisotopic (exact) mass is 248 g/mol. The molecule has 0 fully saturated rings. The Kier molecular flexibility index (Phi) is 3.94. The Labute approximate surface area is 105 Å². The molecule has 1 aromatic carbocycles. The van der Waals surface area contributed by atoms with E-state index in [1.54, 1.807) is 12.1 Å². The Morgan fingerprint density at radius 3 is 2.94 bits per heavy atom. The number of aryl methyl sites for hydroxylation is 1. The number of aromatic nitrogens is 1. The summed E-state index contributed by atoms with van der Waals surface area (Å²) in [5.74, 6) is 0. The van der Waals surface area contributed by atoms with Crippen LogP contribution in [0.5, 0.6) is 0 Å². The fourth-order valence-electron chi connectivity index (χ4n) is 2.06. The van der Waals surface area contributed by atoms with Crippen LogP contribution in [0.1, 0.15) is 13.3 Å². The number of hydrogen-bond acceptors (Lipinski definition) is 3. The second kappa shape index (κ2) is 5.64. The minimum absolute atomic E-state index is 0.161. The lowest BCUT2D eigenvalue weighted by atomic mass is 10.2. The van der Waals surface area contributed by atoms with Gasteiger partial charge >= 0.3 is 0 Å². The van der Waals surface area contributed by atoms with Gasteiger partial charge in [-0.15, -0.1) is 0 Å². The first-order valence-corrected chi connectivity index (χ1v) is 6.04. The van der Waals surface area contributed by atoms with Crippen molar-refractivity contribution in [2.75, 3.05) is 13.2 Å². The summed E-state index contributed by atoms with van der Waals surface area (Å²) in [6, 6.07) is 7.05. The average molecular weight is 248 g/mol. The maximum Gasteiger partial charge on any atom is 0.293 e. The van der Waals surface area contributed by atoms with Gasteiger partial charge in [0, 0.05) is 37.4 Å². The summed E-state index contributed by atoms with van der Waals surface area (Å²) in [6.45, 7) is 4.06. The third-order valence-electron chi connectivity index (χ3n) is 2.86. The highest BCUT2D eigenvalue weighted by molar-refractivity contribution is 5.88. The molecule has 1 heterocycles. The third kappa shape index (κ3) is 2.51. The minimum Gasteiger partial charge on any atom is -0.382 e. The van der Waals surface area contributed by atoms with Gasteiger partial charge in [0.05, 0.1) is 4.92 Å².